The molecule has 0 saturated carbocycles. The molecule has 1 unspecified atom stereocenters. The highest BCUT2D eigenvalue weighted by Gasteiger charge is 2.26. The number of hydrogen-bond acceptors (Lipinski definition) is 4. The summed E-state index contributed by atoms with van der Waals surface area (Å²) in [6, 6.07) is 5.61. The second kappa shape index (κ2) is 5.68. The van der Waals surface area contributed by atoms with Crippen molar-refractivity contribution in [3.63, 3.8) is 0 Å². The molecule has 1 heterocycles. The molecule has 1 aromatic rings. The minimum absolute atomic E-state index is 0. The number of fused-ring (bicyclic) bond motifs is 1. The van der Waals surface area contributed by atoms with E-state index >= 15 is 0 Å². The molecule has 0 saturated heterocycles. The minimum atomic E-state index is -0.319. The summed E-state index contributed by atoms with van der Waals surface area (Å²) in [7, 11) is 2.99. The summed E-state index contributed by atoms with van der Waals surface area (Å²) in [6.45, 7) is 0.437. The first-order valence-electron chi connectivity index (χ1n) is 5.02. The van der Waals surface area contributed by atoms with Crippen LogP contribution in [0.5, 0.6) is 5.75 Å². The van der Waals surface area contributed by atoms with E-state index in [1.807, 2.05) is 18.2 Å². The van der Waals surface area contributed by atoms with Crippen LogP contribution in [0.2, 0.25) is 0 Å². The lowest BCUT2D eigenvalue weighted by Gasteiger charge is -2.19. The molecule has 0 N–H and O–H groups in total. The fourth-order valence-electron chi connectivity index (χ4n) is 1.80. The highest BCUT2D eigenvalue weighted by atomic mass is 35.5. The lowest BCUT2D eigenvalue weighted by atomic mass is 9.92. The van der Waals surface area contributed by atoms with Crippen LogP contribution in [-0.4, -0.2) is 32.9 Å². The Labute approximate surface area is 106 Å². The molecule has 1 aliphatic heterocycles. The Kier molecular flexibility index (Phi) is 4.52. The zero-order valence-corrected chi connectivity index (χ0v) is 10.5. The van der Waals surface area contributed by atoms with Crippen molar-refractivity contribution in [3.05, 3.63) is 29.3 Å². The molecule has 92 valence electrons. The van der Waals surface area contributed by atoms with E-state index in [0.29, 0.717) is 6.54 Å². The second-order valence-corrected chi connectivity index (χ2v) is 3.56. The predicted octanol–water partition coefficient (Wildman–Crippen LogP) is 1.81. The molecule has 1 atom stereocenters. The molecule has 0 spiro atoms. The molecule has 0 amide bonds. The Bertz CT molecular complexity index is 445. The van der Waals surface area contributed by atoms with Crippen molar-refractivity contribution in [2.45, 2.75) is 5.92 Å². The maximum absolute atomic E-state index is 11.6. The summed E-state index contributed by atoms with van der Waals surface area (Å²) >= 11 is 0. The summed E-state index contributed by atoms with van der Waals surface area (Å²) in [5, 5.41) is 0. The van der Waals surface area contributed by atoms with Gasteiger partial charge in [-0.15, -0.1) is 12.4 Å². The topological polar surface area (TPSA) is 47.9 Å². The molecule has 17 heavy (non-hydrogen) atoms. The maximum atomic E-state index is 11.6. The average molecular weight is 256 g/mol. The normalized spacial score (nSPS) is 16.7. The van der Waals surface area contributed by atoms with Gasteiger partial charge >= 0.3 is 5.97 Å². The predicted molar refractivity (Wildman–Crippen MR) is 67.5 cm³/mol. The third-order valence-corrected chi connectivity index (χ3v) is 2.67. The van der Waals surface area contributed by atoms with Crippen LogP contribution in [0.4, 0.5) is 0 Å². The van der Waals surface area contributed by atoms with Gasteiger partial charge in [-0.1, -0.05) is 0 Å². The summed E-state index contributed by atoms with van der Waals surface area (Å²) in [5.74, 6) is 0.161. The van der Waals surface area contributed by atoms with Gasteiger partial charge in [0.1, 0.15) is 11.7 Å². The first-order valence-corrected chi connectivity index (χ1v) is 5.02. The standard InChI is InChI=1S/C12H13NO3.ClH/c1-15-9-4-3-8-6-13-7-11(10(8)5-9)12(14)16-2;/h3-6,11H,7H2,1-2H3;1H. The van der Waals surface area contributed by atoms with Gasteiger partial charge in [-0.25, -0.2) is 0 Å². The molecule has 5 heteroatoms. The van der Waals surface area contributed by atoms with E-state index in [1.165, 1.54) is 7.11 Å². The van der Waals surface area contributed by atoms with Crippen LogP contribution in [0.15, 0.2) is 23.2 Å². The third-order valence-electron chi connectivity index (χ3n) is 2.67. The van der Waals surface area contributed by atoms with Gasteiger partial charge in [0.25, 0.3) is 0 Å². The smallest absolute Gasteiger partial charge is 0.315 e. The van der Waals surface area contributed by atoms with Crippen molar-refractivity contribution < 1.29 is 14.3 Å². The van der Waals surface area contributed by atoms with E-state index in [9.17, 15) is 4.79 Å². The first kappa shape index (κ1) is 13.5. The fraction of sp³-hybridized carbons (Fsp3) is 0.333. The molecule has 0 radical (unpaired) electrons. The van der Waals surface area contributed by atoms with Crippen molar-refractivity contribution in [3.8, 4) is 5.75 Å². The average Bonchev–Trinajstić information content (AvgIpc) is 2.36. The summed E-state index contributed by atoms with van der Waals surface area (Å²) < 4.78 is 9.91. The van der Waals surface area contributed by atoms with Gasteiger partial charge in [-0.05, 0) is 29.3 Å². The van der Waals surface area contributed by atoms with Gasteiger partial charge in [0.05, 0.1) is 20.8 Å². The van der Waals surface area contributed by atoms with Gasteiger partial charge in [-0.2, -0.15) is 0 Å². The van der Waals surface area contributed by atoms with E-state index in [2.05, 4.69) is 4.99 Å². The van der Waals surface area contributed by atoms with Crippen LogP contribution in [0.25, 0.3) is 0 Å². The molecule has 0 fully saturated rings. The number of hydrogen-bond donors (Lipinski definition) is 0. The number of benzene rings is 1. The molecular formula is C12H14ClNO3. The molecule has 2 rings (SSSR count). The van der Waals surface area contributed by atoms with Crippen molar-refractivity contribution in [2.75, 3.05) is 20.8 Å². The van der Waals surface area contributed by atoms with E-state index < -0.39 is 0 Å². The Balaban J connectivity index is 0.00000144. The number of carbonyl (C=O) groups excluding carboxylic acids is 1. The number of esters is 1. The molecule has 1 aliphatic rings. The third kappa shape index (κ3) is 2.58. The lowest BCUT2D eigenvalue weighted by Crippen LogP contribution is -2.21. The second-order valence-electron chi connectivity index (χ2n) is 3.56. The SMILES string of the molecule is COC(=O)C1CN=Cc2ccc(OC)cc21.Cl. The summed E-state index contributed by atoms with van der Waals surface area (Å²) in [4.78, 5) is 15.8. The molecule has 0 aliphatic carbocycles. The number of halogens is 1. The number of methoxy groups -OCH3 is 2. The number of rotatable bonds is 2. The van der Waals surface area contributed by atoms with Crippen LogP contribution in [0, 0.1) is 0 Å². The molecule has 1 aromatic carbocycles. The van der Waals surface area contributed by atoms with E-state index in [1.54, 1.807) is 13.3 Å². The van der Waals surface area contributed by atoms with Gasteiger partial charge < -0.3 is 9.47 Å². The highest BCUT2D eigenvalue weighted by molar-refractivity contribution is 5.89. The monoisotopic (exact) mass is 255 g/mol. The van der Waals surface area contributed by atoms with Crippen LogP contribution >= 0.6 is 12.4 Å². The number of nitrogens with zero attached hydrogens (tertiary/aromatic N) is 1. The van der Waals surface area contributed by atoms with E-state index in [0.717, 1.165) is 16.9 Å². The van der Waals surface area contributed by atoms with Crippen molar-refractivity contribution in [1.29, 1.82) is 0 Å². The lowest BCUT2D eigenvalue weighted by molar-refractivity contribution is -0.142. The number of carbonyl (C=O) groups is 1. The largest absolute Gasteiger partial charge is 0.497 e. The summed E-state index contributed by atoms with van der Waals surface area (Å²) in [5.41, 5.74) is 1.86. The van der Waals surface area contributed by atoms with Crippen LogP contribution in [0.3, 0.4) is 0 Å². The Morgan fingerprint density at radius 3 is 2.82 bits per heavy atom. The summed E-state index contributed by atoms with van der Waals surface area (Å²) in [6.07, 6.45) is 1.77. The Morgan fingerprint density at radius 1 is 1.41 bits per heavy atom. The van der Waals surface area contributed by atoms with Crippen LogP contribution in [0.1, 0.15) is 17.0 Å². The van der Waals surface area contributed by atoms with Crippen molar-refractivity contribution in [2.24, 2.45) is 4.99 Å². The molecular weight excluding hydrogens is 242 g/mol. The number of ether oxygens (including phenoxy) is 2. The highest BCUT2D eigenvalue weighted by Crippen LogP contribution is 2.28. The zero-order chi connectivity index (χ0) is 11.5. The first-order chi connectivity index (χ1) is 7.76. The molecule has 4 nitrogen and oxygen atoms in total. The van der Waals surface area contributed by atoms with Crippen molar-refractivity contribution in [1.82, 2.24) is 0 Å². The quantitative estimate of drug-likeness (QED) is 0.758. The van der Waals surface area contributed by atoms with Gasteiger partial charge in [-0.3, -0.25) is 9.79 Å². The fourth-order valence-corrected chi connectivity index (χ4v) is 1.80. The maximum Gasteiger partial charge on any atom is 0.315 e. The van der Waals surface area contributed by atoms with Crippen molar-refractivity contribution >= 4 is 24.6 Å². The van der Waals surface area contributed by atoms with Gasteiger partial charge in [0.15, 0.2) is 0 Å². The Hall–Kier alpha value is -1.55. The van der Waals surface area contributed by atoms with E-state index in [4.69, 9.17) is 9.47 Å². The van der Waals surface area contributed by atoms with Crippen LogP contribution < -0.4 is 4.74 Å². The number of aliphatic imine (C=N–C) groups is 1. The molecule has 0 bridgehead atoms. The van der Waals surface area contributed by atoms with Gasteiger partial charge in [0.2, 0.25) is 0 Å². The minimum Gasteiger partial charge on any atom is -0.497 e. The zero-order valence-electron chi connectivity index (χ0n) is 9.67. The van der Waals surface area contributed by atoms with Gasteiger partial charge in [0, 0.05) is 6.21 Å². The van der Waals surface area contributed by atoms with Crippen LogP contribution in [-0.2, 0) is 9.53 Å². The Morgan fingerprint density at radius 2 is 2.18 bits per heavy atom. The van der Waals surface area contributed by atoms with E-state index in [-0.39, 0.29) is 24.3 Å². The molecule has 0 aromatic heterocycles.